The third-order valence-electron chi connectivity index (χ3n) is 3.10. The van der Waals surface area contributed by atoms with Gasteiger partial charge in [0.1, 0.15) is 5.82 Å². The van der Waals surface area contributed by atoms with Crippen LogP contribution in [0.2, 0.25) is 0 Å². The molecular formula is C12H21N3S2. The molecule has 1 aromatic rings. The minimum absolute atomic E-state index is 0.728. The molecule has 2 atom stereocenters. The quantitative estimate of drug-likeness (QED) is 0.862. The van der Waals surface area contributed by atoms with E-state index in [1.165, 1.54) is 25.7 Å². The molecule has 1 N–H and O–H groups in total. The van der Waals surface area contributed by atoms with Crippen LogP contribution in [0.5, 0.6) is 0 Å². The molecule has 17 heavy (non-hydrogen) atoms. The van der Waals surface area contributed by atoms with Crippen molar-refractivity contribution in [3.8, 4) is 0 Å². The van der Waals surface area contributed by atoms with E-state index in [0.29, 0.717) is 0 Å². The molecule has 5 heteroatoms. The van der Waals surface area contributed by atoms with Crippen LogP contribution in [0.1, 0.15) is 45.4 Å². The van der Waals surface area contributed by atoms with Gasteiger partial charge in [0.05, 0.1) is 0 Å². The zero-order chi connectivity index (χ0) is 12.1. The first kappa shape index (κ1) is 13.3. The predicted octanol–water partition coefficient (Wildman–Crippen LogP) is 3.11. The fraction of sp³-hybridized carbons (Fsp3) is 0.833. The van der Waals surface area contributed by atoms with E-state index < -0.39 is 0 Å². The van der Waals surface area contributed by atoms with Crippen LogP contribution in [0.4, 0.5) is 0 Å². The van der Waals surface area contributed by atoms with Crippen molar-refractivity contribution in [2.45, 2.75) is 61.6 Å². The number of aryl methyl sites for hydroxylation is 1. The summed E-state index contributed by atoms with van der Waals surface area (Å²) in [5.74, 6) is 0.996. The minimum atomic E-state index is 0.728. The Hall–Kier alpha value is -0.130. The van der Waals surface area contributed by atoms with Gasteiger partial charge in [0, 0.05) is 17.7 Å². The van der Waals surface area contributed by atoms with Gasteiger partial charge in [-0.05, 0) is 43.8 Å². The molecule has 0 bridgehead atoms. The maximum atomic E-state index is 4.53. The Kier molecular flexibility index (Phi) is 5.25. The summed E-state index contributed by atoms with van der Waals surface area (Å²) < 4.78 is 5.50. The Bertz CT molecular complexity index is 340. The lowest BCUT2D eigenvalue weighted by Gasteiger charge is -2.11. The number of nitrogens with one attached hydrogen (secondary N) is 1. The van der Waals surface area contributed by atoms with E-state index in [1.807, 2.05) is 11.8 Å². The van der Waals surface area contributed by atoms with Crippen LogP contribution >= 0.6 is 23.3 Å². The Morgan fingerprint density at radius 3 is 3.00 bits per heavy atom. The van der Waals surface area contributed by atoms with Gasteiger partial charge in [0.2, 0.25) is 0 Å². The van der Waals surface area contributed by atoms with E-state index in [2.05, 4.69) is 28.5 Å². The lowest BCUT2D eigenvalue weighted by molar-refractivity contribution is 0.524. The van der Waals surface area contributed by atoms with Gasteiger partial charge in [0.15, 0.2) is 4.34 Å². The lowest BCUT2D eigenvalue weighted by atomic mass is 10.2. The maximum Gasteiger partial charge on any atom is 0.170 e. The number of nitrogens with zero attached hydrogens (tertiary/aromatic N) is 2. The van der Waals surface area contributed by atoms with Crippen LogP contribution in [0, 0.1) is 0 Å². The second-order valence-corrected chi connectivity index (χ2v) is 6.83. The summed E-state index contributed by atoms with van der Waals surface area (Å²) in [5.41, 5.74) is 0. The molecule has 0 aliphatic heterocycles. The molecule has 2 rings (SSSR count). The van der Waals surface area contributed by atoms with Crippen molar-refractivity contribution in [2.24, 2.45) is 0 Å². The van der Waals surface area contributed by atoms with Crippen molar-refractivity contribution in [1.29, 1.82) is 0 Å². The number of thioether (sulfide) groups is 1. The summed E-state index contributed by atoms with van der Waals surface area (Å²) in [4.78, 5) is 4.53. The molecule has 3 nitrogen and oxygen atoms in total. The highest BCUT2D eigenvalue weighted by molar-refractivity contribution is 8.01. The molecule has 96 valence electrons. The van der Waals surface area contributed by atoms with Crippen LogP contribution in [0.25, 0.3) is 0 Å². The van der Waals surface area contributed by atoms with Gasteiger partial charge < -0.3 is 5.32 Å². The molecule has 1 saturated carbocycles. The third-order valence-corrected chi connectivity index (χ3v) is 5.22. The van der Waals surface area contributed by atoms with Crippen LogP contribution < -0.4 is 5.32 Å². The number of rotatable bonds is 6. The minimum Gasteiger partial charge on any atom is -0.314 e. The summed E-state index contributed by atoms with van der Waals surface area (Å²) in [6, 6.07) is 0.728. The topological polar surface area (TPSA) is 37.8 Å². The first-order chi connectivity index (χ1) is 8.31. The normalized spacial score (nSPS) is 24.4. The highest BCUT2D eigenvalue weighted by Crippen LogP contribution is 2.35. The average Bonchev–Trinajstić information content (AvgIpc) is 2.96. The molecule has 2 unspecified atom stereocenters. The van der Waals surface area contributed by atoms with Crippen molar-refractivity contribution < 1.29 is 0 Å². The Morgan fingerprint density at radius 2 is 2.29 bits per heavy atom. The largest absolute Gasteiger partial charge is 0.314 e. The van der Waals surface area contributed by atoms with E-state index in [4.69, 9.17) is 0 Å². The SMILES string of the molecule is CCCNC1CCC(Sc2nc(CC)ns2)C1. The van der Waals surface area contributed by atoms with E-state index in [1.54, 1.807) is 11.5 Å². The van der Waals surface area contributed by atoms with Gasteiger partial charge in [-0.1, -0.05) is 25.6 Å². The van der Waals surface area contributed by atoms with E-state index >= 15 is 0 Å². The third kappa shape index (κ3) is 3.93. The lowest BCUT2D eigenvalue weighted by Crippen LogP contribution is -2.27. The molecule has 0 aromatic carbocycles. The smallest absolute Gasteiger partial charge is 0.170 e. The van der Waals surface area contributed by atoms with E-state index in [9.17, 15) is 0 Å². The standard InChI is InChI=1S/C12H21N3S2/c1-3-7-13-9-5-6-10(8-9)16-12-14-11(4-2)15-17-12/h9-10,13H,3-8H2,1-2H3. The summed E-state index contributed by atoms with van der Waals surface area (Å²) in [6.07, 6.45) is 6.09. The van der Waals surface area contributed by atoms with Gasteiger partial charge in [-0.25, -0.2) is 4.98 Å². The van der Waals surface area contributed by atoms with Crippen LogP contribution in [-0.4, -0.2) is 27.2 Å². The molecule has 0 saturated heterocycles. The molecule has 1 aromatic heterocycles. The average molecular weight is 271 g/mol. The van der Waals surface area contributed by atoms with Gasteiger partial charge in [-0.3, -0.25) is 0 Å². The van der Waals surface area contributed by atoms with Crippen molar-refractivity contribution in [1.82, 2.24) is 14.7 Å². The van der Waals surface area contributed by atoms with Crippen LogP contribution in [0.3, 0.4) is 0 Å². The van der Waals surface area contributed by atoms with Gasteiger partial charge >= 0.3 is 0 Å². The van der Waals surface area contributed by atoms with Gasteiger partial charge in [0.25, 0.3) is 0 Å². The first-order valence-electron chi connectivity index (χ1n) is 6.54. The van der Waals surface area contributed by atoms with Crippen LogP contribution in [0.15, 0.2) is 4.34 Å². The van der Waals surface area contributed by atoms with Crippen LogP contribution in [-0.2, 0) is 6.42 Å². The van der Waals surface area contributed by atoms with Crippen molar-refractivity contribution in [3.63, 3.8) is 0 Å². The molecule has 1 aliphatic rings. The van der Waals surface area contributed by atoms with Crippen molar-refractivity contribution >= 4 is 23.3 Å². The fourth-order valence-corrected chi connectivity index (χ4v) is 4.37. The monoisotopic (exact) mass is 271 g/mol. The number of aromatic nitrogens is 2. The number of hydrogen-bond acceptors (Lipinski definition) is 5. The summed E-state index contributed by atoms with van der Waals surface area (Å²) in [6.45, 7) is 5.49. The maximum absolute atomic E-state index is 4.53. The van der Waals surface area contributed by atoms with Crippen molar-refractivity contribution in [2.75, 3.05) is 6.54 Å². The second-order valence-electron chi connectivity index (χ2n) is 4.53. The predicted molar refractivity (Wildman–Crippen MR) is 74.9 cm³/mol. The molecule has 1 heterocycles. The summed E-state index contributed by atoms with van der Waals surface area (Å²) >= 11 is 3.49. The van der Waals surface area contributed by atoms with E-state index in [-0.39, 0.29) is 0 Å². The Balaban J connectivity index is 1.77. The highest BCUT2D eigenvalue weighted by Gasteiger charge is 2.25. The number of hydrogen-bond donors (Lipinski definition) is 1. The first-order valence-corrected chi connectivity index (χ1v) is 8.19. The Morgan fingerprint density at radius 1 is 1.41 bits per heavy atom. The molecule has 1 aliphatic carbocycles. The molecule has 0 amide bonds. The fourth-order valence-electron chi connectivity index (χ4n) is 2.15. The molecule has 0 radical (unpaired) electrons. The summed E-state index contributed by atoms with van der Waals surface area (Å²) in [7, 11) is 0. The van der Waals surface area contributed by atoms with Crippen molar-refractivity contribution in [3.05, 3.63) is 5.82 Å². The summed E-state index contributed by atoms with van der Waals surface area (Å²) in [5, 5.41) is 4.36. The highest BCUT2D eigenvalue weighted by atomic mass is 32.2. The van der Waals surface area contributed by atoms with Gasteiger partial charge in [-0.2, -0.15) is 4.37 Å². The molecular weight excluding hydrogens is 250 g/mol. The zero-order valence-electron chi connectivity index (χ0n) is 10.6. The molecule has 1 fully saturated rings. The van der Waals surface area contributed by atoms with Gasteiger partial charge in [-0.15, -0.1) is 0 Å². The van der Waals surface area contributed by atoms with E-state index in [0.717, 1.165) is 34.4 Å². The Labute approximate surface area is 112 Å². The zero-order valence-corrected chi connectivity index (χ0v) is 12.2. The molecule has 0 spiro atoms. The second kappa shape index (κ2) is 6.71.